The summed E-state index contributed by atoms with van der Waals surface area (Å²) in [6, 6.07) is 15.5. The van der Waals surface area contributed by atoms with E-state index in [0.717, 1.165) is 0 Å². The Balaban J connectivity index is 1.99. The van der Waals surface area contributed by atoms with Gasteiger partial charge in [0.15, 0.2) is 12.4 Å². The van der Waals surface area contributed by atoms with Gasteiger partial charge in [-0.2, -0.15) is 0 Å². The number of nitrogens with one attached hydrogen (secondary N) is 1. The molecule has 0 aliphatic heterocycles. The fourth-order valence-electron chi connectivity index (χ4n) is 1.75. The van der Waals surface area contributed by atoms with Crippen LogP contribution in [0.15, 0.2) is 54.6 Å². The fraction of sp³-hybridized carbons (Fsp3) is 0.125. The van der Waals surface area contributed by atoms with Crippen LogP contribution < -0.4 is 10.1 Å². The molecule has 0 spiro atoms. The van der Waals surface area contributed by atoms with Crippen LogP contribution in [-0.4, -0.2) is 30.1 Å². The maximum absolute atomic E-state index is 12.2. The van der Waals surface area contributed by atoms with Crippen molar-refractivity contribution in [2.75, 3.05) is 13.3 Å². The van der Waals surface area contributed by atoms with Gasteiger partial charge in [-0.05, 0) is 24.3 Å². The minimum atomic E-state index is -0.424. The molecule has 108 valence electrons. The van der Waals surface area contributed by atoms with Gasteiger partial charge in [0.2, 0.25) is 0 Å². The predicted molar refractivity (Wildman–Crippen MR) is 77.0 cm³/mol. The molecule has 0 saturated carbocycles. The lowest BCUT2D eigenvalue weighted by molar-refractivity contribution is -0.124. The molecule has 0 aromatic heterocycles. The zero-order chi connectivity index (χ0) is 15.1. The lowest BCUT2D eigenvalue weighted by Crippen LogP contribution is -2.29. The highest BCUT2D eigenvalue weighted by atomic mass is 16.5. The highest BCUT2D eigenvalue weighted by molar-refractivity contribution is 6.08. The largest absolute Gasteiger partial charge is 0.484 e. The Morgan fingerprint density at radius 1 is 0.952 bits per heavy atom. The Morgan fingerprint density at radius 3 is 2.19 bits per heavy atom. The van der Waals surface area contributed by atoms with Crippen LogP contribution in [0, 0.1) is 0 Å². The molecule has 2 aromatic carbocycles. The lowest BCUT2D eigenvalue weighted by atomic mass is 10.0. The molecular weight excluding hydrogens is 270 g/mol. The third-order valence-electron chi connectivity index (χ3n) is 2.80. The van der Waals surface area contributed by atoms with Crippen LogP contribution >= 0.6 is 0 Å². The van der Waals surface area contributed by atoms with Gasteiger partial charge in [-0.1, -0.05) is 30.3 Å². The van der Waals surface area contributed by atoms with E-state index < -0.39 is 12.6 Å². The van der Waals surface area contributed by atoms with Gasteiger partial charge in [0.05, 0.1) is 0 Å². The molecule has 0 heterocycles. The van der Waals surface area contributed by atoms with Gasteiger partial charge >= 0.3 is 0 Å². The summed E-state index contributed by atoms with van der Waals surface area (Å²) in [5.74, 6) is -0.00480. The summed E-state index contributed by atoms with van der Waals surface area (Å²) in [4.78, 5) is 23.3. The van der Waals surface area contributed by atoms with Crippen molar-refractivity contribution in [1.82, 2.24) is 5.32 Å². The van der Waals surface area contributed by atoms with Crippen molar-refractivity contribution in [3.63, 3.8) is 0 Å². The maximum Gasteiger partial charge on any atom is 0.259 e. The highest BCUT2D eigenvalue weighted by Gasteiger charge is 2.08. The Hall–Kier alpha value is -2.66. The number of ketones is 1. The molecule has 21 heavy (non-hydrogen) atoms. The molecule has 0 fully saturated rings. The first kappa shape index (κ1) is 14.7. The molecule has 2 rings (SSSR count). The zero-order valence-electron chi connectivity index (χ0n) is 11.3. The van der Waals surface area contributed by atoms with Crippen molar-refractivity contribution >= 4 is 11.7 Å². The second-order valence-electron chi connectivity index (χ2n) is 4.27. The SMILES string of the molecule is O=C(COc1ccc(C(=O)c2ccccc2)cc1)NCO. The van der Waals surface area contributed by atoms with Crippen LogP contribution in [0.5, 0.6) is 5.75 Å². The van der Waals surface area contributed by atoms with Crippen molar-refractivity contribution in [3.05, 3.63) is 65.7 Å². The number of carbonyl (C=O) groups excluding carboxylic acids is 2. The van der Waals surface area contributed by atoms with E-state index in [9.17, 15) is 9.59 Å². The maximum atomic E-state index is 12.2. The Labute approximate surface area is 122 Å². The Morgan fingerprint density at radius 2 is 1.57 bits per heavy atom. The Bertz CT molecular complexity index is 608. The molecule has 1 amide bonds. The summed E-state index contributed by atoms with van der Waals surface area (Å²) < 4.78 is 5.23. The summed E-state index contributed by atoms with van der Waals surface area (Å²) in [7, 11) is 0. The summed E-state index contributed by atoms with van der Waals surface area (Å²) in [5.41, 5.74) is 1.17. The number of benzene rings is 2. The van der Waals surface area contributed by atoms with Crippen molar-refractivity contribution in [2.24, 2.45) is 0 Å². The van der Waals surface area contributed by atoms with E-state index in [0.29, 0.717) is 16.9 Å². The van der Waals surface area contributed by atoms with Gasteiger partial charge in [0, 0.05) is 11.1 Å². The van der Waals surface area contributed by atoms with Crippen LogP contribution in [0.25, 0.3) is 0 Å². The first-order chi connectivity index (χ1) is 10.2. The van der Waals surface area contributed by atoms with Gasteiger partial charge in [-0.25, -0.2) is 0 Å². The normalized spacial score (nSPS) is 9.95. The molecular formula is C16H15NO4. The fourth-order valence-corrected chi connectivity index (χ4v) is 1.75. The van der Waals surface area contributed by atoms with Crippen molar-refractivity contribution in [2.45, 2.75) is 0 Å². The van der Waals surface area contributed by atoms with Crippen molar-refractivity contribution < 1.29 is 19.4 Å². The molecule has 0 atom stereocenters. The van der Waals surface area contributed by atoms with Crippen LogP contribution in [0.4, 0.5) is 0 Å². The standard InChI is InChI=1S/C16H15NO4/c18-11-17-15(19)10-21-14-8-6-13(7-9-14)16(20)12-4-2-1-3-5-12/h1-9,18H,10-11H2,(H,17,19). The number of hydrogen-bond donors (Lipinski definition) is 2. The molecule has 0 aliphatic carbocycles. The van der Waals surface area contributed by atoms with E-state index in [-0.39, 0.29) is 12.4 Å². The summed E-state index contributed by atoms with van der Waals surface area (Å²) in [6.45, 7) is -0.612. The van der Waals surface area contributed by atoms with Gasteiger partial charge in [-0.3, -0.25) is 9.59 Å². The number of rotatable bonds is 6. The minimum Gasteiger partial charge on any atom is -0.484 e. The summed E-state index contributed by atoms with van der Waals surface area (Å²) >= 11 is 0. The monoisotopic (exact) mass is 285 g/mol. The molecule has 0 bridgehead atoms. The van der Waals surface area contributed by atoms with E-state index in [2.05, 4.69) is 5.32 Å². The second-order valence-corrected chi connectivity index (χ2v) is 4.27. The quantitative estimate of drug-likeness (QED) is 0.621. The lowest BCUT2D eigenvalue weighted by Gasteiger charge is -2.07. The van der Waals surface area contributed by atoms with Crippen molar-refractivity contribution in [3.8, 4) is 5.75 Å². The van der Waals surface area contributed by atoms with E-state index in [1.165, 1.54) is 0 Å². The number of aliphatic hydroxyl groups excluding tert-OH is 1. The van der Waals surface area contributed by atoms with E-state index in [4.69, 9.17) is 9.84 Å². The zero-order valence-corrected chi connectivity index (χ0v) is 11.3. The number of aliphatic hydroxyl groups is 1. The van der Waals surface area contributed by atoms with Gasteiger partial charge in [0.25, 0.3) is 5.91 Å². The van der Waals surface area contributed by atoms with Crippen molar-refractivity contribution in [1.29, 1.82) is 0 Å². The van der Waals surface area contributed by atoms with Crippen LogP contribution in [-0.2, 0) is 4.79 Å². The van der Waals surface area contributed by atoms with Gasteiger partial charge in [0.1, 0.15) is 12.5 Å². The third kappa shape index (κ3) is 4.15. The molecule has 2 aromatic rings. The Kier molecular flexibility index (Phi) is 5.06. The minimum absolute atomic E-state index is 0.0693. The number of carbonyl (C=O) groups is 2. The molecule has 0 saturated heterocycles. The van der Waals surface area contributed by atoms with Gasteiger partial charge < -0.3 is 15.2 Å². The van der Waals surface area contributed by atoms with Crippen LogP contribution in [0.3, 0.4) is 0 Å². The van der Waals surface area contributed by atoms with Crippen LogP contribution in [0.1, 0.15) is 15.9 Å². The van der Waals surface area contributed by atoms with E-state index in [1.54, 1.807) is 36.4 Å². The van der Waals surface area contributed by atoms with E-state index in [1.807, 2.05) is 18.2 Å². The van der Waals surface area contributed by atoms with Gasteiger partial charge in [-0.15, -0.1) is 0 Å². The number of amides is 1. The van der Waals surface area contributed by atoms with Crippen LogP contribution in [0.2, 0.25) is 0 Å². The summed E-state index contributed by atoms with van der Waals surface area (Å²) in [5, 5.41) is 10.7. The summed E-state index contributed by atoms with van der Waals surface area (Å²) in [6.07, 6.45) is 0. The highest BCUT2D eigenvalue weighted by Crippen LogP contribution is 2.15. The average Bonchev–Trinajstić information content (AvgIpc) is 2.54. The molecule has 2 N–H and O–H groups in total. The molecule has 0 unspecified atom stereocenters. The average molecular weight is 285 g/mol. The first-order valence-corrected chi connectivity index (χ1v) is 6.41. The smallest absolute Gasteiger partial charge is 0.259 e. The predicted octanol–water partition coefficient (Wildman–Crippen LogP) is 1.36. The van der Waals surface area contributed by atoms with E-state index >= 15 is 0 Å². The topological polar surface area (TPSA) is 75.6 Å². The molecule has 0 radical (unpaired) electrons. The first-order valence-electron chi connectivity index (χ1n) is 6.41. The molecule has 0 aliphatic rings. The molecule has 5 heteroatoms. The second kappa shape index (κ2) is 7.21. The number of ether oxygens (including phenoxy) is 1. The number of hydrogen-bond acceptors (Lipinski definition) is 4. The molecule has 5 nitrogen and oxygen atoms in total. The third-order valence-corrected chi connectivity index (χ3v) is 2.80.